The van der Waals surface area contributed by atoms with Crippen LogP contribution in [0.3, 0.4) is 0 Å². The maximum absolute atomic E-state index is 13.0. The maximum Gasteiger partial charge on any atom is 0.325 e. The molecule has 0 aromatic carbocycles. The van der Waals surface area contributed by atoms with Crippen LogP contribution in [0.5, 0.6) is 0 Å². The number of hydrogen-bond acceptors (Lipinski definition) is 5. The minimum Gasteiger partial charge on any atom is -0.494 e. The molecule has 7 nitrogen and oxygen atoms in total. The molecule has 0 unspecified atom stereocenters. The summed E-state index contributed by atoms with van der Waals surface area (Å²) in [6.07, 6.45) is 16.7. The molecular formula is C26H31N4O3+. The highest BCUT2D eigenvalue weighted by Gasteiger charge is 2.36. The van der Waals surface area contributed by atoms with E-state index in [1.165, 1.54) is 7.11 Å². The van der Waals surface area contributed by atoms with Gasteiger partial charge in [0, 0.05) is 52.1 Å². The Kier molecular flexibility index (Phi) is 6.28. The van der Waals surface area contributed by atoms with E-state index in [2.05, 4.69) is 23.5 Å². The first-order valence-electron chi connectivity index (χ1n) is 11.4. The number of amides is 1. The normalized spacial score (nSPS) is 26.2. The van der Waals surface area contributed by atoms with Gasteiger partial charge < -0.3 is 20.8 Å². The molecule has 0 spiro atoms. The molecule has 33 heavy (non-hydrogen) atoms. The molecule has 3 aliphatic rings. The molecule has 0 atom stereocenters. The summed E-state index contributed by atoms with van der Waals surface area (Å²) in [7, 11) is 1.50. The summed E-state index contributed by atoms with van der Waals surface area (Å²) in [5.41, 5.74) is 2.22. The van der Waals surface area contributed by atoms with Gasteiger partial charge in [-0.05, 0) is 57.6 Å². The molecule has 2 fully saturated rings. The lowest BCUT2D eigenvalue weighted by atomic mass is 9.75. The van der Waals surface area contributed by atoms with E-state index in [1.807, 2.05) is 12.3 Å². The molecule has 4 N–H and O–H groups in total. The number of nitrogens with one attached hydrogen (secondary N) is 3. The first-order chi connectivity index (χ1) is 15.8. The van der Waals surface area contributed by atoms with Crippen molar-refractivity contribution in [1.82, 2.24) is 10.6 Å². The Morgan fingerprint density at radius 2 is 2.03 bits per heavy atom. The van der Waals surface area contributed by atoms with Gasteiger partial charge in [0.15, 0.2) is 0 Å². The highest BCUT2D eigenvalue weighted by atomic mass is 16.5. The van der Waals surface area contributed by atoms with E-state index in [4.69, 9.17) is 16.6 Å². The van der Waals surface area contributed by atoms with Crippen LogP contribution in [0.4, 0.5) is 0 Å². The van der Waals surface area contributed by atoms with Crippen molar-refractivity contribution in [1.29, 1.82) is 5.41 Å². The third kappa shape index (κ3) is 4.95. The number of carbonyl (C=O) groups excluding carboxylic acids is 1. The Labute approximate surface area is 194 Å². The zero-order chi connectivity index (χ0) is 23.6. The Bertz CT molecular complexity index is 1100. The first kappa shape index (κ1) is 22.7. The van der Waals surface area contributed by atoms with Crippen LogP contribution in [0.15, 0.2) is 53.6 Å². The summed E-state index contributed by atoms with van der Waals surface area (Å²) in [6, 6.07) is 5.48. The van der Waals surface area contributed by atoms with Gasteiger partial charge in [0.05, 0.1) is 18.5 Å². The summed E-state index contributed by atoms with van der Waals surface area (Å²) in [4.78, 5) is 13.0. The molecule has 0 bridgehead atoms. The number of allylic oxidation sites excluding steroid dienone is 3. The Morgan fingerprint density at radius 3 is 2.67 bits per heavy atom. The Morgan fingerprint density at radius 1 is 1.30 bits per heavy atom. The van der Waals surface area contributed by atoms with E-state index in [1.54, 1.807) is 24.3 Å². The highest BCUT2D eigenvalue weighted by Crippen LogP contribution is 2.38. The summed E-state index contributed by atoms with van der Waals surface area (Å²) in [6.45, 7) is 2.13. The van der Waals surface area contributed by atoms with Gasteiger partial charge in [0.2, 0.25) is 5.69 Å². The minimum atomic E-state index is -0.448. The number of terminal acetylenes is 1. The number of aromatic nitrogens is 1. The van der Waals surface area contributed by atoms with Crippen LogP contribution in [0.25, 0.3) is 0 Å². The van der Waals surface area contributed by atoms with Gasteiger partial charge in [-0.25, -0.2) is 0 Å². The lowest BCUT2D eigenvalue weighted by molar-refractivity contribution is -0.910. The summed E-state index contributed by atoms with van der Waals surface area (Å²) >= 11 is 0. The van der Waals surface area contributed by atoms with Crippen molar-refractivity contribution in [2.75, 3.05) is 7.11 Å². The van der Waals surface area contributed by atoms with Gasteiger partial charge in [-0.3, -0.25) is 10.0 Å². The molecule has 172 valence electrons. The number of nitrogens with zero attached hydrogens (tertiary/aromatic N) is 1. The molecule has 1 amide bonds. The van der Waals surface area contributed by atoms with Gasteiger partial charge in [0.25, 0.3) is 0 Å². The standard InChI is InChI=1S/C26H30N4O3/c1-4-26(2)12-10-19(11-13-26)28-16-18-14-21(24(33-3)15-20(18)27)29-25(31)23-7-5-6-22(30(23)32)17-8-9-17/h1,5-7,14-17,19,27,31-32H,8-13H2,2-3H3/p+1/t19-,26-. The largest absolute Gasteiger partial charge is 0.494 e. The van der Waals surface area contributed by atoms with Crippen molar-refractivity contribution in [2.24, 2.45) is 5.41 Å². The number of rotatable bonds is 6. The molecule has 0 aliphatic heterocycles. The highest BCUT2D eigenvalue weighted by molar-refractivity contribution is 6.10. The predicted molar refractivity (Wildman–Crippen MR) is 125 cm³/mol. The van der Waals surface area contributed by atoms with Gasteiger partial charge >= 0.3 is 11.6 Å². The fraction of sp³-hybridized carbons (Fsp3) is 0.423. The number of pyridine rings is 1. The zero-order valence-electron chi connectivity index (χ0n) is 19.1. The molecule has 7 heteroatoms. The van der Waals surface area contributed by atoms with E-state index < -0.39 is 5.91 Å². The van der Waals surface area contributed by atoms with E-state index in [-0.39, 0.29) is 16.8 Å². The molecule has 4 rings (SSSR count). The summed E-state index contributed by atoms with van der Waals surface area (Å²) in [5.74, 6) is 3.14. The average Bonchev–Trinajstić information content (AvgIpc) is 3.65. The van der Waals surface area contributed by atoms with Crippen molar-refractivity contribution < 1.29 is 19.5 Å². The average molecular weight is 448 g/mol. The van der Waals surface area contributed by atoms with E-state index in [0.717, 1.165) is 48.9 Å². The Balaban J connectivity index is 1.49. The third-order valence-electron chi connectivity index (χ3n) is 6.75. The smallest absolute Gasteiger partial charge is 0.325 e. The molecule has 0 saturated heterocycles. The molecule has 3 aliphatic carbocycles. The lowest BCUT2D eigenvalue weighted by Gasteiger charge is -2.33. The summed E-state index contributed by atoms with van der Waals surface area (Å²) in [5, 5.41) is 25.1. The van der Waals surface area contributed by atoms with Gasteiger partial charge in [-0.15, -0.1) is 12.3 Å². The zero-order valence-corrected chi connectivity index (χ0v) is 19.1. The van der Waals surface area contributed by atoms with Gasteiger partial charge in [0.1, 0.15) is 5.76 Å². The maximum atomic E-state index is 13.0. The van der Waals surface area contributed by atoms with Crippen LogP contribution in [-0.2, 0) is 4.74 Å². The first-order valence-corrected chi connectivity index (χ1v) is 11.4. The fourth-order valence-corrected chi connectivity index (χ4v) is 4.32. The van der Waals surface area contributed by atoms with E-state index in [9.17, 15) is 10.0 Å². The minimum absolute atomic E-state index is 0.0310. The van der Waals surface area contributed by atoms with Crippen LogP contribution < -0.4 is 15.4 Å². The SMILES string of the molecule is C#C[C@]1(C)CC[C@@H](N/C=C2/C=C(NC(=O)c3cccc(C4CC4)[n+]3O)C(OC)=CC2=N)CC1. The van der Waals surface area contributed by atoms with Crippen LogP contribution >= 0.6 is 0 Å². The van der Waals surface area contributed by atoms with E-state index in [0.29, 0.717) is 29.0 Å². The molecule has 2 saturated carbocycles. The molecule has 0 radical (unpaired) electrons. The topological polar surface area (TPSA) is 98.3 Å². The van der Waals surface area contributed by atoms with Crippen molar-refractivity contribution in [3.8, 4) is 12.3 Å². The molecule has 1 heterocycles. The number of methoxy groups -OCH3 is 1. The second-order valence-corrected chi connectivity index (χ2v) is 9.31. The number of ether oxygens (including phenoxy) is 1. The second-order valence-electron chi connectivity index (χ2n) is 9.31. The van der Waals surface area contributed by atoms with Crippen LogP contribution in [-0.4, -0.2) is 30.0 Å². The van der Waals surface area contributed by atoms with Crippen molar-refractivity contribution in [3.63, 3.8) is 0 Å². The third-order valence-corrected chi connectivity index (χ3v) is 6.75. The van der Waals surface area contributed by atoms with Crippen LogP contribution in [0.1, 0.15) is 67.5 Å². The van der Waals surface area contributed by atoms with Crippen molar-refractivity contribution in [2.45, 2.75) is 57.4 Å². The molecule has 1 aromatic rings. The molecule has 1 aromatic heterocycles. The van der Waals surface area contributed by atoms with Crippen molar-refractivity contribution >= 4 is 11.6 Å². The van der Waals surface area contributed by atoms with Crippen molar-refractivity contribution in [3.05, 3.63) is 65.0 Å². The van der Waals surface area contributed by atoms with Crippen LogP contribution in [0.2, 0.25) is 0 Å². The van der Waals surface area contributed by atoms with E-state index >= 15 is 0 Å². The quantitative estimate of drug-likeness (QED) is 0.305. The van der Waals surface area contributed by atoms with Gasteiger partial charge in [-0.2, -0.15) is 0 Å². The fourth-order valence-electron chi connectivity index (χ4n) is 4.32. The van der Waals surface area contributed by atoms with Crippen LogP contribution in [0, 0.1) is 23.2 Å². The molecular weight excluding hydrogens is 416 g/mol. The number of hydrogen-bond donors (Lipinski definition) is 4. The lowest BCUT2D eigenvalue weighted by Crippen LogP contribution is -2.45. The predicted octanol–water partition coefficient (Wildman–Crippen LogP) is 3.32. The summed E-state index contributed by atoms with van der Waals surface area (Å²) < 4.78 is 6.36. The Hall–Kier alpha value is -3.53. The van der Waals surface area contributed by atoms with Gasteiger partial charge in [-0.1, -0.05) is 0 Å². The second kappa shape index (κ2) is 9.14. The number of carbonyl (C=O) groups is 1. The monoisotopic (exact) mass is 447 g/mol.